The summed E-state index contributed by atoms with van der Waals surface area (Å²) in [6.45, 7) is 1.26. The minimum Gasteiger partial charge on any atom is -0.341 e. The fraction of sp³-hybridized carbons (Fsp3) is 0.286. The van der Waals surface area contributed by atoms with E-state index in [9.17, 15) is 4.79 Å². The third kappa shape index (κ3) is 4.40. The average molecular weight is 366 g/mol. The predicted molar refractivity (Wildman–Crippen MR) is 92.8 cm³/mol. The molecule has 0 radical (unpaired) electrons. The number of hydrogen-bond donors (Lipinski definition) is 0. The van der Waals surface area contributed by atoms with Crippen molar-refractivity contribution in [2.45, 2.75) is 18.2 Å². The molecule has 23 heavy (non-hydrogen) atoms. The predicted octanol–water partition coefficient (Wildman–Crippen LogP) is 2.60. The molecule has 0 atom stereocenters. The van der Waals surface area contributed by atoms with Crippen molar-refractivity contribution in [2.24, 2.45) is 0 Å². The molecule has 0 saturated carbocycles. The molecule has 0 N–H and O–H groups in total. The largest absolute Gasteiger partial charge is 0.341 e. The van der Waals surface area contributed by atoms with Crippen LogP contribution in [-0.4, -0.2) is 43.8 Å². The zero-order valence-electron chi connectivity index (χ0n) is 12.5. The lowest BCUT2D eigenvalue weighted by molar-refractivity contribution is -0.127. The third-order valence-corrected chi connectivity index (χ3v) is 5.67. The first-order valence-electron chi connectivity index (χ1n) is 6.89. The zero-order chi connectivity index (χ0) is 16.1. The van der Waals surface area contributed by atoms with E-state index in [1.165, 1.54) is 16.6 Å². The van der Waals surface area contributed by atoms with Gasteiger partial charge in [-0.15, -0.1) is 16.4 Å². The van der Waals surface area contributed by atoms with E-state index in [0.717, 1.165) is 5.56 Å². The van der Waals surface area contributed by atoms with Crippen LogP contribution in [-0.2, 0) is 17.9 Å². The van der Waals surface area contributed by atoms with Crippen LogP contribution < -0.4 is 0 Å². The van der Waals surface area contributed by atoms with Crippen LogP contribution in [0.15, 0.2) is 39.5 Å². The van der Waals surface area contributed by atoms with Gasteiger partial charge in [0.15, 0.2) is 0 Å². The molecule has 3 aromatic rings. The number of tetrazole rings is 1. The molecule has 0 unspecified atom stereocenters. The molecule has 0 aromatic carbocycles. The average Bonchev–Trinajstić information content (AvgIpc) is 3.28. The van der Waals surface area contributed by atoms with Crippen molar-refractivity contribution >= 4 is 40.3 Å². The van der Waals surface area contributed by atoms with Crippen molar-refractivity contribution in [3.63, 3.8) is 0 Å². The van der Waals surface area contributed by atoms with Gasteiger partial charge < -0.3 is 4.90 Å². The summed E-state index contributed by atoms with van der Waals surface area (Å²) in [6.07, 6.45) is 0. The second-order valence-corrected chi connectivity index (χ2v) is 7.62. The Labute approximate surface area is 146 Å². The lowest BCUT2D eigenvalue weighted by Crippen LogP contribution is -2.27. The molecule has 0 aliphatic heterocycles. The summed E-state index contributed by atoms with van der Waals surface area (Å²) in [7, 11) is 1.81. The molecule has 3 rings (SSSR count). The summed E-state index contributed by atoms with van der Waals surface area (Å²) in [6, 6.07) is 6.07. The fourth-order valence-corrected chi connectivity index (χ4v) is 4.09. The molecule has 0 saturated heterocycles. The van der Waals surface area contributed by atoms with Crippen LogP contribution >= 0.6 is 34.4 Å². The van der Waals surface area contributed by atoms with Gasteiger partial charge in [-0.1, -0.05) is 17.8 Å². The molecular formula is C14H15N5OS3. The minimum atomic E-state index is 0.0619. The number of rotatable bonds is 7. The van der Waals surface area contributed by atoms with Crippen LogP contribution in [0.2, 0.25) is 0 Å². The standard InChI is InChI=1S/C14H15N5OS3/c1-18(7-11-4-6-21-9-11)13(20)10-23-14-15-16-17-19(14)8-12-3-2-5-22-12/h2-6,9H,7-8,10H2,1H3. The Morgan fingerprint density at radius 1 is 1.39 bits per heavy atom. The zero-order valence-corrected chi connectivity index (χ0v) is 14.9. The second-order valence-electron chi connectivity index (χ2n) is 4.87. The van der Waals surface area contributed by atoms with Gasteiger partial charge >= 0.3 is 0 Å². The summed E-state index contributed by atoms with van der Waals surface area (Å²) >= 11 is 4.67. The van der Waals surface area contributed by atoms with Crippen molar-refractivity contribution in [1.29, 1.82) is 0 Å². The number of thioether (sulfide) groups is 1. The molecule has 0 fully saturated rings. The highest BCUT2D eigenvalue weighted by Crippen LogP contribution is 2.18. The molecule has 0 aliphatic carbocycles. The SMILES string of the molecule is CN(Cc1ccsc1)C(=O)CSc1nnnn1Cc1cccs1. The lowest BCUT2D eigenvalue weighted by Gasteiger charge is -2.15. The number of carbonyl (C=O) groups excluding carboxylic acids is 1. The Morgan fingerprint density at radius 2 is 2.30 bits per heavy atom. The van der Waals surface area contributed by atoms with Crippen LogP contribution in [0.5, 0.6) is 0 Å². The van der Waals surface area contributed by atoms with Gasteiger partial charge in [-0.2, -0.15) is 11.3 Å². The van der Waals surface area contributed by atoms with Crippen molar-refractivity contribution in [3.05, 3.63) is 44.8 Å². The van der Waals surface area contributed by atoms with Gasteiger partial charge in [-0.05, 0) is 44.3 Å². The molecule has 0 spiro atoms. The smallest absolute Gasteiger partial charge is 0.233 e. The molecule has 3 heterocycles. The summed E-state index contributed by atoms with van der Waals surface area (Å²) in [4.78, 5) is 15.1. The van der Waals surface area contributed by atoms with E-state index in [2.05, 4.69) is 20.9 Å². The number of thiophene rings is 2. The van der Waals surface area contributed by atoms with E-state index >= 15 is 0 Å². The summed E-state index contributed by atoms with van der Waals surface area (Å²) in [5.74, 6) is 0.387. The monoisotopic (exact) mass is 365 g/mol. The van der Waals surface area contributed by atoms with Crippen LogP contribution in [0, 0.1) is 0 Å². The van der Waals surface area contributed by atoms with Gasteiger partial charge in [-0.25, -0.2) is 4.68 Å². The van der Waals surface area contributed by atoms with Crippen molar-refractivity contribution in [2.75, 3.05) is 12.8 Å². The topological polar surface area (TPSA) is 63.9 Å². The Kier molecular flexibility index (Phi) is 5.42. The van der Waals surface area contributed by atoms with E-state index in [1.807, 2.05) is 36.0 Å². The minimum absolute atomic E-state index is 0.0619. The van der Waals surface area contributed by atoms with Gasteiger partial charge in [-0.3, -0.25) is 4.79 Å². The maximum Gasteiger partial charge on any atom is 0.233 e. The first kappa shape index (κ1) is 16.2. The van der Waals surface area contributed by atoms with Crippen molar-refractivity contribution in [1.82, 2.24) is 25.1 Å². The first-order chi connectivity index (χ1) is 11.2. The van der Waals surface area contributed by atoms with Gasteiger partial charge in [0.1, 0.15) is 0 Å². The van der Waals surface area contributed by atoms with E-state index in [0.29, 0.717) is 24.0 Å². The lowest BCUT2D eigenvalue weighted by atomic mass is 10.3. The Balaban J connectivity index is 1.54. The number of hydrogen-bond acceptors (Lipinski definition) is 7. The highest BCUT2D eigenvalue weighted by molar-refractivity contribution is 7.99. The third-order valence-electron chi connectivity index (χ3n) is 3.14. The van der Waals surface area contributed by atoms with Gasteiger partial charge in [0.2, 0.25) is 11.1 Å². The number of amides is 1. The van der Waals surface area contributed by atoms with Crippen LogP contribution in [0.25, 0.3) is 0 Å². The highest BCUT2D eigenvalue weighted by atomic mass is 32.2. The second kappa shape index (κ2) is 7.71. The molecule has 9 heteroatoms. The summed E-state index contributed by atoms with van der Waals surface area (Å²) < 4.78 is 1.72. The Bertz CT molecular complexity index is 738. The Morgan fingerprint density at radius 3 is 3.04 bits per heavy atom. The van der Waals surface area contributed by atoms with Crippen LogP contribution in [0.3, 0.4) is 0 Å². The summed E-state index contributed by atoms with van der Waals surface area (Å²) in [5, 5.41) is 18.5. The van der Waals surface area contributed by atoms with Crippen molar-refractivity contribution < 1.29 is 4.79 Å². The first-order valence-corrected chi connectivity index (χ1v) is 9.69. The Hall–Kier alpha value is -1.71. The van der Waals surface area contributed by atoms with E-state index in [-0.39, 0.29) is 5.91 Å². The van der Waals surface area contributed by atoms with Crippen LogP contribution in [0.1, 0.15) is 10.4 Å². The molecule has 0 bridgehead atoms. The summed E-state index contributed by atoms with van der Waals surface area (Å²) in [5.41, 5.74) is 1.15. The van der Waals surface area contributed by atoms with E-state index < -0.39 is 0 Å². The fourth-order valence-electron chi connectivity index (χ4n) is 1.93. The maximum atomic E-state index is 12.2. The van der Waals surface area contributed by atoms with Gasteiger partial charge in [0, 0.05) is 18.5 Å². The maximum absolute atomic E-state index is 12.2. The van der Waals surface area contributed by atoms with E-state index in [1.54, 1.807) is 32.3 Å². The van der Waals surface area contributed by atoms with Crippen molar-refractivity contribution in [3.8, 4) is 0 Å². The number of carbonyl (C=O) groups is 1. The van der Waals surface area contributed by atoms with Crippen LogP contribution in [0.4, 0.5) is 0 Å². The molecule has 0 aliphatic rings. The highest BCUT2D eigenvalue weighted by Gasteiger charge is 2.14. The molecule has 120 valence electrons. The quantitative estimate of drug-likeness (QED) is 0.602. The van der Waals surface area contributed by atoms with Gasteiger partial charge in [0.05, 0.1) is 12.3 Å². The molecule has 1 amide bonds. The number of aromatic nitrogens is 4. The normalized spacial score (nSPS) is 10.8. The molecule has 6 nitrogen and oxygen atoms in total. The molecular weight excluding hydrogens is 350 g/mol. The van der Waals surface area contributed by atoms with E-state index in [4.69, 9.17) is 0 Å². The van der Waals surface area contributed by atoms with Gasteiger partial charge in [0.25, 0.3) is 0 Å². The number of nitrogens with zero attached hydrogens (tertiary/aromatic N) is 5. The molecule has 3 aromatic heterocycles.